The molecule has 0 spiro atoms. The van der Waals surface area contributed by atoms with Crippen molar-refractivity contribution in [2.45, 2.75) is 11.3 Å². The van der Waals surface area contributed by atoms with Crippen LogP contribution in [0.1, 0.15) is 15.9 Å². The monoisotopic (exact) mass is 284 g/mol. The van der Waals surface area contributed by atoms with Gasteiger partial charge in [0.1, 0.15) is 0 Å². The van der Waals surface area contributed by atoms with Crippen LogP contribution in [-0.2, 0) is 6.42 Å². The molecule has 0 bridgehead atoms. The average Bonchev–Trinajstić information content (AvgIpc) is 2.95. The molecule has 2 aromatic rings. The minimum Gasteiger partial charge on any atom is -0.388 e. The Bertz CT molecular complexity index is 637. The van der Waals surface area contributed by atoms with Gasteiger partial charge in [-0.25, -0.2) is 0 Å². The zero-order chi connectivity index (χ0) is 13.9. The van der Waals surface area contributed by atoms with Gasteiger partial charge < -0.3 is 10.6 Å². The second kappa shape index (κ2) is 5.59. The van der Waals surface area contributed by atoms with Crippen molar-refractivity contribution in [3.8, 4) is 0 Å². The van der Waals surface area contributed by atoms with E-state index in [1.54, 1.807) is 0 Å². The number of hydrogen-bond donors (Lipinski definition) is 2. The van der Waals surface area contributed by atoms with E-state index in [0.717, 1.165) is 23.5 Å². The number of nitrogens with one attached hydrogen (secondary N) is 2. The molecular weight excluding hydrogens is 268 g/mol. The van der Waals surface area contributed by atoms with E-state index in [2.05, 4.69) is 22.8 Å². The summed E-state index contributed by atoms with van der Waals surface area (Å²) < 4.78 is 0. The highest BCUT2D eigenvalue weighted by molar-refractivity contribution is 7.99. The normalized spacial score (nSPS) is 12.8. The summed E-state index contributed by atoms with van der Waals surface area (Å²) in [5, 5.41) is 5.99. The maximum atomic E-state index is 12.2. The fourth-order valence-corrected chi connectivity index (χ4v) is 3.34. The van der Waals surface area contributed by atoms with Gasteiger partial charge >= 0.3 is 0 Å². The molecule has 1 aliphatic heterocycles. The third-order valence-corrected chi connectivity index (χ3v) is 4.49. The number of carbonyl (C=O) groups is 1. The summed E-state index contributed by atoms with van der Waals surface area (Å²) in [6.07, 6.45) is 1.12. The SMILES string of the molecule is CNc1ccc(C(=O)Nc2ccc3c(c2)SCC3)cc1. The molecule has 0 atom stereocenters. The van der Waals surface area contributed by atoms with Gasteiger partial charge in [-0.05, 0) is 48.4 Å². The average molecular weight is 284 g/mol. The Balaban J connectivity index is 1.75. The van der Waals surface area contributed by atoms with Gasteiger partial charge in [0, 0.05) is 34.6 Å². The van der Waals surface area contributed by atoms with Gasteiger partial charge in [0.15, 0.2) is 0 Å². The van der Waals surface area contributed by atoms with Crippen LogP contribution in [0.5, 0.6) is 0 Å². The van der Waals surface area contributed by atoms with E-state index in [4.69, 9.17) is 0 Å². The first kappa shape index (κ1) is 13.1. The number of anilines is 2. The number of carbonyl (C=O) groups excluding carboxylic acids is 1. The molecule has 1 aliphatic rings. The molecule has 1 amide bonds. The van der Waals surface area contributed by atoms with Gasteiger partial charge in [0.05, 0.1) is 0 Å². The predicted octanol–water partition coefficient (Wildman–Crippen LogP) is 3.63. The largest absolute Gasteiger partial charge is 0.388 e. The minimum atomic E-state index is -0.0735. The Hall–Kier alpha value is -1.94. The first-order valence-corrected chi connectivity index (χ1v) is 7.60. The molecule has 0 saturated carbocycles. The van der Waals surface area contributed by atoms with Gasteiger partial charge in [0.25, 0.3) is 5.91 Å². The van der Waals surface area contributed by atoms with Crippen LogP contribution in [0.4, 0.5) is 11.4 Å². The molecule has 3 rings (SSSR count). The van der Waals surface area contributed by atoms with Gasteiger partial charge in [-0.2, -0.15) is 0 Å². The van der Waals surface area contributed by atoms with Crippen molar-refractivity contribution in [2.75, 3.05) is 23.4 Å². The summed E-state index contributed by atoms with van der Waals surface area (Å²) in [5.41, 5.74) is 3.90. The Morgan fingerprint density at radius 1 is 1.10 bits per heavy atom. The number of thioether (sulfide) groups is 1. The van der Waals surface area contributed by atoms with Crippen molar-refractivity contribution < 1.29 is 4.79 Å². The van der Waals surface area contributed by atoms with Gasteiger partial charge in [-0.15, -0.1) is 11.8 Å². The van der Waals surface area contributed by atoms with Crippen LogP contribution in [0.15, 0.2) is 47.4 Å². The topological polar surface area (TPSA) is 41.1 Å². The molecule has 20 heavy (non-hydrogen) atoms. The molecule has 0 fully saturated rings. The molecule has 102 valence electrons. The highest BCUT2D eigenvalue weighted by Gasteiger charge is 2.13. The number of fused-ring (bicyclic) bond motifs is 1. The van der Waals surface area contributed by atoms with E-state index in [-0.39, 0.29) is 5.91 Å². The van der Waals surface area contributed by atoms with Gasteiger partial charge in [-0.3, -0.25) is 4.79 Å². The molecule has 2 aromatic carbocycles. The number of amides is 1. The molecule has 4 heteroatoms. The van der Waals surface area contributed by atoms with Crippen molar-refractivity contribution in [2.24, 2.45) is 0 Å². The molecule has 0 aromatic heterocycles. The molecule has 0 aliphatic carbocycles. The summed E-state index contributed by atoms with van der Waals surface area (Å²) >= 11 is 1.85. The predicted molar refractivity (Wildman–Crippen MR) is 84.8 cm³/mol. The third-order valence-electron chi connectivity index (χ3n) is 3.39. The maximum absolute atomic E-state index is 12.2. The van der Waals surface area contributed by atoms with Gasteiger partial charge in [0.2, 0.25) is 0 Å². The molecule has 2 N–H and O–H groups in total. The quantitative estimate of drug-likeness (QED) is 0.904. The zero-order valence-corrected chi connectivity index (χ0v) is 12.1. The van der Waals surface area contributed by atoms with Crippen LogP contribution >= 0.6 is 11.8 Å². The summed E-state index contributed by atoms with van der Waals surface area (Å²) in [4.78, 5) is 13.5. The van der Waals surface area contributed by atoms with Crippen LogP contribution in [0.25, 0.3) is 0 Å². The second-order valence-corrected chi connectivity index (χ2v) is 5.84. The Morgan fingerprint density at radius 3 is 2.60 bits per heavy atom. The van der Waals surface area contributed by atoms with Crippen molar-refractivity contribution in [3.05, 3.63) is 53.6 Å². The van der Waals surface area contributed by atoms with Crippen LogP contribution < -0.4 is 10.6 Å². The summed E-state index contributed by atoms with van der Waals surface area (Å²) in [6.45, 7) is 0. The number of rotatable bonds is 3. The van der Waals surface area contributed by atoms with Gasteiger partial charge in [-0.1, -0.05) is 6.07 Å². The van der Waals surface area contributed by atoms with Crippen molar-refractivity contribution in [1.82, 2.24) is 0 Å². The van der Waals surface area contributed by atoms with Crippen molar-refractivity contribution >= 4 is 29.0 Å². The summed E-state index contributed by atoms with van der Waals surface area (Å²) in [7, 11) is 1.86. The van der Waals surface area contributed by atoms with Crippen molar-refractivity contribution in [3.63, 3.8) is 0 Å². The molecular formula is C16H16N2OS. The lowest BCUT2D eigenvalue weighted by molar-refractivity contribution is 0.102. The first-order valence-electron chi connectivity index (χ1n) is 6.61. The van der Waals surface area contributed by atoms with E-state index in [9.17, 15) is 4.79 Å². The Labute approximate surface area is 122 Å². The Kier molecular flexibility index (Phi) is 3.65. The molecule has 1 heterocycles. The maximum Gasteiger partial charge on any atom is 0.255 e. The summed E-state index contributed by atoms with van der Waals surface area (Å²) in [6, 6.07) is 13.6. The smallest absolute Gasteiger partial charge is 0.255 e. The zero-order valence-electron chi connectivity index (χ0n) is 11.3. The molecule has 0 radical (unpaired) electrons. The lowest BCUT2D eigenvalue weighted by Crippen LogP contribution is -2.11. The van der Waals surface area contributed by atoms with E-state index in [0.29, 0.717) is 5.56 Å². The number of benzene rings is 2. The van der Waals surface area contributed by atoms with Crippen LogP contribution in [0.2, 0.25) is 0 Å². The highest BCUT2D eigenvalue weighted by Crippen LogP contribution is 2.33. The highest BCUT2D eigenvalue weighted by atomic mass is 32.2. The number of aryl methyl sites for hydroxylation is 1. The van der Waals surface area contributed by atoms with Crippen LogP contribution in [-0.4, -0.2) is 18.7 Å². The van der Waals surface area contributed by atoms with Crippen molar-refractivity contribution in [1.29, 1.82) is 0 Å². The van der Waals surface area contributed by atoms with E-state index in [1.807, 2.05) is 49.1 Å². The molecule has 0 unspecified atom stereocenters. The third kappa shape index (κ3) is 2.65. The molecule has 0 saturated heterocycles. The minimum absolute atomic E-state index is 0.0735. The van der Waals surface area contributed by atoms with E-state index < -0.39 is 0 Å². The Morgan fingerprint density at radius 2 is 1.85 bits per heavy atom. The lowest BCUT2D eigenvalue weighted by atomic mass is 10.1. The fourth-order valence-electron chi connectivity index (χ4n) is 2.24. The fraction of sp³-hybridized carbons (Fsp3) is 0.188. The first-order chi connectivity index (χ1) is 9.76. The molecule has 3 nitrogen and oxygen atoms in total. The van der Waals surface area contributed by atoms with Crippen LogP contribution in [0, 0.1) is 0 Å². The lowest BCUT2D eigenvalue weighted by Gasteiger charge is -2.08. The van der Waals surface area contributed by atoms with Crippen LogP contribution in [0.3, 0.4) is 0 Å². The van der Waals surface area contributed by atoms with E-state index >= 15 is 0 Å². The summed E-state index contributed by atoms with van der Waals surface area (Å²) in [5.74, 6) is 1.06. The standard InChI is InChI=1S/C16H16N2OS/c1-17-13-5-3-12(4-6-13)16(19)18-14-7-2-11-8-9-20-15(11)10-14/h2-7,10,17H,8-9H2,1H3,(H,18,19). The van der Waals surface area contributed by atoms with E-state index in [1.165, 1.54) is 10.5 Å². The second-order valence-electron chi connectivity index (χ2n) is 4.70. The number of hydrogen-bond acceptors (Lipinski definition) is 3.